The Morgan fingerprint density at radius 3 is 1.91 bits per heavy atom. The Morgan fingerprint density at radius 2 is 1.52 bits per heavy atom. The fraction of sp³-hybridized carbons (Fsp3) is 0.500. The average Bonchev–Trinajstić information content (AvgIpc) is 2.42. The smallest absolute Gasteiger partial charge is 0.332 e. The summed E-state index contributed by atoms with van der Waals surface area (Å²) in [5.74, 6) is 0. The van der Waals surface area contributed by atoms with Crippen LogP contribution in [0.25, 0.3) is 0 Å². The minimum atomic E-state index is -5.67. The molecule has 0 aromatic heterocycles. The Morgan fingerprint density at radius 1 is 1.04 bits per heavy atom. The normalized spacial score (nSPS) is 14.3. The highest BCUT2D eigenvalue weighted by Gasteiger charge is 2.70. The van der Waals surface area contributed by atoms with Gasteiger partial charge in [0.2, 0.25) is 5.54 Å². The molecule has 3 nitrogen and oxygen atoms in total. The molecule has 0 aliphatic carbocycles. The van der Waals surface area contributed by atoms with E-state index in [4.69, 9.17) is 0 Å². The predicted molar refractivity (Wildman–Crippen MR) is 71.7 cm³/mol. The highest BCUT2D eigenvalue weighted by atomic mass is 19.4. The molecule has 23 heavy (non-hydrogen) atoms. The maximum Gasteiger partial charge on any atom is 0.420 e. The largest absolute Gasteiger partial charge is 0.420 e. The lowest BCUT2D eigenvalue weighted by atomic mass is 9.94. The van der Waals surface area contributed by atoms with Crippen molar-refractivity contribution in [3.05, 3.63) is 35.9 Å². The highest BCUT2D eigenvalue weighted by molar-refractivity contribution is 5.75. The molecule has 9 heteroatoms. The van der Waals surface area contributed by atoms with Gasteiger partial charge in [-0.05, 0) is 18.9 Å². The standard InChI is InChI=1S/C14H16F6N2O/c1-3-12(13(15,16)17,14(18,19)20)22-11(23)21-9(2)10-7-5-4-6-8-10/h4-9H,3H2,1-2H3,(H2,21,22,23)/t9-/m1/s1. The van der Waals surface area contributed by atoms with E-state index in [1.807, 2.05) is 0 Å². The Balaban J connectivity index is 2.95. The first-order valence-electron chi connectivity index (χ1n) is 6.71. The average molecular weight is 342 g/mol. The number of urea groups is 1. The monoisotopic (exact) mass is 342 g/mol. The summed E-state index contributed by atoms with van der Waals surface area (Å²) in [5, 5.41) is 3.14. The summed E-state index contributed by atoms with van der Waals surface area (Å²) in [6.07, 6.45) is -12.7. The van der Waals surface area contributed by atoms with Crippen LogP contribution in [0.3, 0.4) is 0 Å². The van der Waals surface area contributed by atoms with Crippen LogP contribution in [-0.2, 0) is 0 Å². The highest BCUT2D eigenvalue weighted by Crippen LogP contribution is 2.45. The van der Waals surface area contributed by atoms with Gasteiger partial charge in [-0.1, -0.05) is 37.3 Å². The Labute approximate surface area is 129 Å². The first-order chi connectivity index (χ1) is 10.4. The van der Waals surface area contributed by atoms with Crippen LogP contribution in [0.15, 0.2) is 30.3 Å². The number of alkyl halides is 6. The van der Waals surface area contributed by atoms with Gasteiger partial charge in [0.1, 0.15) is 0 Å². The molecule has 0 aliphatic heterocycles. The number of hydrogen-bond donors (Lipinski definition) is 2. The lowest BCUT2D eigenvalue weighted by Gasteiger charge is -2.37. The molecule has 130 valence electrons. The molecule has 0 radical (unpaired) electrons. The summed E-state index contributed by atoms with van der Waals surface area (Å²) < 4.78 is 77.6. The van der Waals surface area contributed by atoms with Crippen molar-refractivity contribution in [2.24, 2.45) is 0 Å². The van der Waals surface area contributed by atoms with Gasteiger partial charge in [-0.2, -0.15) is 26.3 Å². The van der Waals surface area contributed by atoms with Crippen molar-refractivity contribution in [1.82, 2.24) is 10.6 Å². The first-order valence-corrected chi connectivity index (χ1v) is 6.71. The van der Waals surface area contributed by atoms with Crippen molar-refractivity contribution in [1.29, 1.82) is 0 Å². The van der Waals surface area contributed by atoms with E-state index in [9.17, 15) is 31.1 Å². The summed E-state index contributed by atoms with van der Waals surface area (Å²) in [4.78, 5) is 11.7. The number of hydrogen-bond acceptors (Lipinski definition) is 1. The van der Waals surface area contributed by atoms with E-state index in [1.165, 1.54) is 6.92 Å². The quantitative estimate of drug-likeness (QED) is 0.786. The van der Waals surface area contributed by atoms with Gasteiger partial charge in [-0.15, -0.1) is 0 Å². The van der Waals surface area contributed by atoms with Crippen LogP contribution in [-0.4, -0.2) is 23.9 Å². The summed E-state index contributed by atoms with van der Waals surface area (Å²) in [6.45, 7) is 2.16. The molecule has 0 saturated heterocycles. The van der Waals surface area contributed by atoms with Crippen LogP contribution >= 0.6 is 0 Å². The van der Waals surface area contributed by atoms with E-state index < -0.39 is 36.4 Å². The number of carbonyl (C=O) groups is 1. The maximum absolute atomic E-state index is 12.9. The number of amides is 2. The minimum absolute atomic E-state index is 0.545. The summed E-state index contributed by atoms with van der Waals surface area (Å²) in [6, 6.07) is 5.83. The predicted octanol–water partition coefficient (Wildman–Crippen LogP) is 4.32. The van der Waals surface area contributed by atoms with Crippen molar-refractivity contribution >= 4 is 6.03 Å². The van der Waals surface area contributed by atoms with E-state index in [-0.39, 0.29) is 0 Å². The van der Waals surface area contributed by atoms with E-state index in [1.54, 1.807) is 30.3 Å². The van der Waals surface area contributed by atoms with Gasteiger partial charge in [-0.3, -0.25) is 0 Å². The van der Waals surface area contributed by atoms with Gasteiger partial charge in [0.15, 0.2) is 0 Å². The fourth-order valence-corrected chi connectivity index (χ4v) is 2.04. The second kappa shape index (κ2) is 6.67. The van der Waals surface area contributed by atoms with Crippen LogP contribution in [0, 0.1) is 0 Å². The Bertz CT molecular complexity index is 512. The van der Waals surface area contributed by atoms with Crippen LogP contribution in [0.4, 0.5) is 31.1 Å². The van der Waals surface area contributed by atoms with Gasteiger partial charge < -0.3 is 10.6 Å². The van der Waals surface area contributed by atoms with Crippen LogP contribution in [0.2, 0.25) is 0 Å². The third-order valence-corrected chi connectivity index (χ3v) is 3.47. The molecule has 0 fully saturated rings. The molecular weight excluding hydrogens is 326 g/mol. The van der Waals surface area contributed by atoms with Crippen molar-refractivity contribution < 1.29 is 31.1 Å². The summed E-state index contributed by atoms with van der Waals surface area (Å²) in [5.41, 5.74) is -3.75. The van der Waals surface area contributed by atoms with Crippen molar-refractivity contribution in [2.45, 2.75) is 44.2 Å². The van der Waals surface area contributed by atoms with Crippen molar-refractivity contribution in [3.8, 4) is 0 Å². The van der Waals surface area contributed by atoms with Crippen LogP contribution in [0.1, 0.15) is 31.9 Å². The maximum atomic E-state index is 12.9. The van der Waals surface area contributed by atoms with Crippen molar-refractivity contribution in [2.75, 3.05) is 0 Å². The number of carbonyl (C=O) groups excluding carboxylic acids is 1. The van der Waals surface area contributed by atoms with Gasteiger partial charge in [0.25, 0.3) is 0 Å². The molecule has 1 rings (SSSR count). The Hall–Kier alpha value is -1.93. The second-order valence-corrected chi connectivity index (χ2v) is 4.99. The molecule has 1 atom stereocenters. The van der Waals surface area contributed by atoms with Crippen LogP contribution in [0.5, 0.6) is 0 Å². The SMILES string of the molecule is CCC(NC(=O)N[C@H](C)c1ccccc1)(C(F)(F)F)C(F)(F)F. The lowest BCUT2D eigenvalue weighted by molar-refractivity contribution is -0.304. The summed E-state index contributed by atoms with van der Waals surface area (Å²) >= 11 is 0. The molecule has 2 amide bonds. The topological polar surface area (TPSA) is 41.1 Å². The Kier molecular flexibility index (Phi) is 5.55. The van der Waals surface area contributed by atoms with Gasteiger partial charge in [-0.25, -0.2) is 4.79 Å². The third-order valence-electron chi connectivity index (χ3n) is 3.47. The molecule has 2 N–H and O–H groups in total. The molecule has 1 aromatic carbocycles. The third kappa shape index (κ3) is 4.08. The molecule has 0 unspecified atom stereocenters. The number of rotatable bonds is 4. The number of benzene rings is 1. The zero-order chi connectivity index (χ0) is 17.9. The number of halogens is 6. The number of nitrogens with one attached hydrogen (secondary N) is 2. The van der Waals surface area contributed by atoms with Gasteiger partial charge >= 0.3 is 18.4 Å². The fourth-order valence-electron chi connectivity index (χ4n) is 2.04. The van der Waals surface area contributed by atoms with E-state index in [2.05, 4.69) is 5.32 Å². The molecule has 0 saturated carbocycles. The zero-order valence-electron chi connectivity index (χ0n) is 12.3. The second-order valence-electron chi connectivity index (χ2n) is 4.99. The lowest BCUT2D eigenvalue weighted by Crippen LogP contribution is -2.68. The van der Waals surface area contributed by atoms with E-state index >= 15 is 0 Å². The molecule has 0 spiro atoms. The summed E-state index contributed by atoms with van der Waals surface area (Å²) in [7, 11) is 0. The van der Waals surface area contributed by atoms with Gasteiger partial charge in [0, 0.05) is 0 Å². The van der Waals surface area contributed by atoms with E-state index in [0.717, 1.165) is 5.32 Å². The first kappa shape index (κ1) is 19.1. The molecular formula is C14H16F6N2O. The minimum Gasteiger partial charge on any atom is -0.332 e. The van der Waals surface area contributed by atoms with Crippen LogP contribution < -0.4 is 10.6 Å². The molecule has 0 bridgehead atoms. The molecule has 1 aromatic rings. The molecule has 0 heterocycles. The van der Waals surface area contributed by atoms with Gasteiger partial charge in [0.05, 0.1) is 6.04 Å². The van der Waals surface area contributed by atoms with E-state index in [0.29, 0.717) is 12.5 Å². The van der Waals surface area contributed by atoms with Crippen molar-refractivity contribution in [3.63, 3.8) is 0 Å². The molecule has 0 aliphatic rings. The zero-order valence-corrected chi connectivity index (χ0v) is 12.3.